The molecular formula is C32H35N5O4S. The molecule has 2 heterocycles. The first-order valence-corrected chi connectivity index (χ1v) is 15.2. The lowest BCUT2D eigenvalue weighted by molar-refractivity contribution is -0.141. The molecule has 0 bridgehead atoms. The van der Waals surface area contributed by atoms with Gasteiger partial charge in [-0.25, -0.2) is 8.42 Å². The molecule has 1 aliphatic rings. The van der Waals surface area contributed by atoms with Crippen molar-refractivity contribution in [3.8, 4) is 0 Å². The number of carbonyl (C=O) groups is 1. The molecule has 42 heavy (non-hydrogen) atoms. The largest absolute Gasteiger partial charge is 0.465 e. The molecule has 0 spiro atoms. The van der Waals surface area contributed by atoms with Crippen LogP contribution < -0.4 is 9.62 Å². The van der Waals surface area contributed by atoms with Crippen molar-refractivity contribution in [3.05, 3.63) is 95.2 Å². The molecule has 0 fully saturated rings. The standard InChI is InChI=1S/C32H35N5O4S/c1-5-41-30(38)21-37-17-7-9-23-8-6-10-29(31(23)37)42(39,40)34-26-15-16-28-25(19-26)20-27(36(28)4)18-22-11-13-24(14-12-22)32(33)35(2)3/h6-16,19-20,33-34H,5,17-18,21H2,1-4H3. The third-order valence-corrected chi connectivity index (χ3v) is 8.75. The minimum atomic E-state index is -3.98. The number of hydrogen-bond acceptors (Lipinski definition) is 6. The van der Waals surface area contributed by atoms with Gasteiger partial charge in [-0.3, -0.25) is 14.9 Å². The van der Waals surface area contributed by atoms with Gasteiger partial charge in [0, 0.05) is 62.0 Å². The van der Waals surface area contributed by atoms with Gasteiger partial charge >= 0.3 is 5.97 Å². The highest BCUT2D eigenvalue weighted by molar-refractivity contribution is 7.92. The third kappa shape index (κ3) is 5.89. The van der Waals surface area contributed by atoms with Gasteiger partial charge in [-0.2, -0.15) is 0 Å². The number of anilines is 2. The summed E-state index contributed by atoms with van der Waals surface area (Å²) in [5.74, 6) is 0.0496. The second-order valence-corrected chi connectivity index (χ2v) is 12.1. The number of aromatic nitrogens is 1. The van der Waals surface area contributed by atoms with Crippen molar-refractivity contribution in [2.75, 3.05) is 43.4 Å². The average molecular weight is 586 g/mol. The fraction of sp³-hybridized carbons (Fsp3) is 0.250. The lowest BCUT2D eigenvalue weighted by Gasteiger charge is -2.29. The summed E-state index contributed by atoms with van der Waals surface area (Å²) in [5.41, 5.74) is 5.70. The zero-order valence-corrected chi connectivity index (χ0v) is 25.0. The Morgan fingerprint density at radius 3 is 2.55 bits per heavy atom. The van der Waals surface area contributed by atoms with Crippen molar-refractivity contribution in [2.45, 2.75) is 18.2 Å². The van der Waals surface area contributed by atoms with Crippen LogP contribution in [0.4, 0.5) is 11.4 Å². The maximum Gasteiger partial charge on any atom is 0.325 e. The molecule has 0 amide bonds. The predicted molar refractivity (Wildman–Crippen MR) is 168 cm³/mol. The van der Waals surface area contributed by atoms with Crippen molar-refractivity contribution in [3.63, 3.8) is 0 Å². The number of esters is 1. The number of ether oxygens (including phenoxy) is 1. The summed E-state index contributed by atoms with van der Waals surface area (Å²) in [6.07, 6.45) is 4.46. The molecule has 0 saturated carbocycles. The minimum absolute atomic E-state index is 0.0443. The maximum atomic E-state index is 13.7. The number of sulfonamides is 1. The SMILES string of the molecule is CCOC(=O)CN1CC=Cc2cccc(S(=O)(=O)Nc3ccc4c(c3)cc(Cc3ccc(C(=N)N(C)C)cc3)n4C)c21. The van der Waals surface area contributed by atoms with E-state index >= 15 is 0 Å². The first-order valence-electron chi connectivity index (χ1n) is 13.7. The summed E-state index contributed by atoms with van der Waals surface area (Å²) in [4.78, 5) is 15.8. The van der Waals surface area contributed by atoms with Gasteiger partial charge in [0.2, 0.25) is 0 Å². The highest BCUT2D eigenvalue weighted by Gasteiger charge is 2.27. The Balaban J connectivity index is 1.40. The van der Waals surface area contributed by atoms with Crippen LogP contribution in [0.5, 0.6) is 0 Å². The quantitative estimate of drug-likeness (QED) is 0.165. The normalized spacial score (nSPS) is 12.7. The Labute approximate surface area is 246 Å². The molecule has 10 heteroatoms. The molecule has 0 unspecified atom stereocenters. The number of nitrogens with one attached hydrogen (secondary N) is 2. The van der Waals surface area contributed by atoms with E-state index in [1.54, 1.807) is 34.9 Å². The van der Waals surface area contributed by atoms with E-state index in [1.807, 2.05) is 75.8 Å². The van der Waals surface area contributed by atoms with E-state index in [0.29, 0.717) is 30.2 Å². The van der Waals surface area contributed by atoms with Crippen LogP contribution in [-0.4, -0.2) is 63.5 Å². The van der Waals surface area contributed by atoms with Crippen LogP contribution in [0.15, 0.2) is 77.7 Å². The van der Waals surface area contributed by atoms with Gasteiger partial charge in [-0.05, 0) is 48.4 Å². The van der Waals surface area contributed by atoms with E-state index in [1.165, 1.54) is 0 Å². The molecule has 3 aromatic carbocycles. The number of para-hydroxylation sites is 1. The fourth-order valence-corrected chi connectivity index (χ4v) is 6.54. The van der Waals surface area contributed by atoms with E-state index in [9.17, 15) is 13.2 Å². The van der Waals surface area contributed by atoms with E-state index in [0.717, 1.165) is 33.3 Å². The number of benzene rings is 3. The van der Waals surface area contributed by atoms with Crippen LogP contribution in [0, 0.1) is 5.41 Å². The molecule has 2 N–H and O–H groups in total. The lowest BCUT2D eigenvalue weighted by Crippen LogP contribution is -2.34. The van der Waals surface area contributed by atoms with Crippen molar-refractivity contribution in [2.24, 2.45) is 7.05 Å². The van der Waals surface area contributed by atoms with Crippen LogP contribution >= 0.6 is 0 Å². The van der Waals surface area contributed by atoms with Crippen molar-refractivity contribution in [1.29, 1.82) is 5.41 Å². The Hall–Kier alpha value is -4.57. The Bertz CT molecular complexity index is 1790. The Kier molecular flexibility index (Phi) is 8.08. The molecule has 0 atom stereocenters. The van der Waals surface area contributed by atoms with Crippen molar-refractivity contribution >= 4 is 50.2 Å². The molecule has 0 radical (unpaired) electrons. The van der Waals surface area contributed by atoms with Crippen LogP contribution in [0.1, 0.15) is 29.3 Å². The number of carbonyl (C=O) groups excluding carboxylic acids is 1. The molecule has 0 aliphatic carbocycles. The van der Waals surface area contributed by atoms with Crippen LogP contribution in [-0.2, 0) is 33.0 Å². The molecule has 0 saturated heterocycles. The van der Waals surface area contributed by atoms with Gasteiger partial charge in [0.15, 0.2) is 0 Å². The van der Waals surface area contributed by atoms with Crippen LogP contribution in [0.25, 0.3) is 17.0 Å². The summed E-state index contributed by atoms with van der Waals surface area (Å²) < 4.78 is 37.4. The van der Waals surface area contributed by atoms with Crippen molar-refractivity contribution in [1.82, 2.24) is 9.47 Å². The predicted octanol–water partition coefficient (Wildman–Crippen LogP) is 4.85. The summed E-state index contributed by atoms with van der Waals surface area (Å²) in [6, 6.07) is 20.7. The van der Waals surface area contributed by atoms with Crippen LogP contribution in [0.2, 0.25) is 0 Å². The second-order valence-electron chi connectivity index (χ2n) is 10.5. The number of fused-ring (bicyclic) bond motifs is 2. The van der Waals surface area contributed by atoms with E-state index in [2.05, 4.69) is 15.4 Å². The summed E-state index contributed by atoms with van der Waals surface area (Å²) >= 11 is 0. The molecule has 218 valence electrons. The van der Waals surface area contributed by atoms with Gasteiger partial charge in [0.25, 0.3) is 10.0 Å². The Morgan fingerprint density at radius 2 is 1.83 bits per heavy atom. The van der Waals surface area contributed by atoms with Gasteiger partial charge in [-0.15, -0.1) is 0 Å². The molecular weight excluding hydrogens is 550 g/mol. The van der Waals surface area contributed by atoms with Gasteiger partial charge in [-0.1, -0.05) is 48.6 Å². The van der Waals surface area contributed by atoms with Gasteiger partial charge in [0.05, 0.1) is 12.3 Å². The molecule has 1 aliphatic heterocycles. The van der Waals surface area contributed by atoms with Crippen LogP contribution in [0.3, 0.4) is 0 Å². The fourth-order valence-electron chi connectivity index (χ4n) is 5.23. The van der Waals surface area contributed by atoms with Gasteiger partial charge in [0.1, 0.15) is 17.3 Å². The van der Waals surface area contributed by atoms with E-state index in [-0.39, 0.29) is 18.0 Å². The maximum absolute atomic E-state index is 13.7. The number of amidine groups is 1. The van der Waals surface area contributed by atoms with E-state index < -0.39 is 16.0 Å². The highest BCUT2D eigenvalue weighted by Crippen LogP contribution is 2.34. The molecule has 9 nitrogen and oxygen atoms in total. The monoisotopic (exact) mass is 585 g/mol. The van der Waals surface area contributed by atoms with E-state index in [4.69, 9.17) is 10.1 Å². The number of hydrogen-bond donors (Lipinski definition) is 2. The number of aryl methyl sites for hydroxylation is 1. The number of nitrogens with zero attached hydrogens (tertiary/aromatic N) is 3. The summed E-state index contributed by atoms with van der Waals surface area (Å²) in [6.45, 7) is 2.36. The summed E-state index contributed by atoms with van der Waals surface area (Å²) in [5, 5.41) is 9.08. The molecule has 4 aromatic rings. The highest BCUT2D eigenvalue weighted by atomic mass is 32.2. The second kappa shape index (κ2) is 11.7. The zero-order valence-electron chi connectivity index (χ0n) is 24.2. The topological polar surface area (TPSA) is 108 Å². The zero-order chi connectivity index (χ0) is 30.0. The summed E-state index contributed by atoms with van der Waals surface area (Å²) in [7, 11) is 1.73. The van der Waals surface area contributed by atoms with Crippen molar-refractivity contribution < 1.29 is 17.9 Å². The Morgan fingerprint density at radius 1 is 1.07 bits per heavy atom. The lowest BCUT2D eigenvalue weighted by atomic mass is 10.1. The third-order valence-electron chi connectivity index (χ3n) is 7.34. The first kappa shape index (κ1) is 28.9. The number of rotatable bonds is 9. The van der Waals surface area contributed by atoms with Gasteiger partial charge < -0.3 is 19.1 Å². The first-order chi connectivity index (χ1) is 20.1. The minimum Gasteiger partial charge on any atom is -0.465 e. The molecule has 5 rings (SSSR count). The average Bonchev–Trinajstić information content (AvgIpc) is 3.26. The smallest absolute Gasteiger partial charge is 0.325 e. The molecule has 1 aromatic heterocycles.